The van der Waals surface area contributed by atoms with Gasteiger partial charge in [0.05, 0.1) is 11.9 Å². The SMILES string of the molecule is CCCCn1ncc(NCC(CCC)CCO)c(Cl)c1=O. The molecule has 0 saturated carbocycles. The van der Waals surface area contributed by atoms with Gasteiger partial charge in [-0.25, -0.2) is 4.68 Å². The molecule has 0 aromatic carbocycles. The molecule has 2 N–H and O–H groups in total. The molecule has 0 fully saturated rings. The number of aromatic nitrogens is 2. The van der Waals surface area contributed by atoms with Crippen molar-refractivity contribution in [3.05, 3.63) is 21.6 Å². The molecule has 0 spiro atoms. The number of nitrogens with zero attached hydrogens (tertiary/aromatic N) is 2. The molecule has 6 heteroatoms. The Morgan fingerprint density at radius 3 is 2.76 bits per heavy atom. The Morgan fingerprint density at radius 2 is 2.14 bits per heavy atom. The number of hydrogen-bond donors (Lipinski definition) is 2. The van der Waals surface area contributed by atoms with E-state index in [1.165, 1.54) is 4.68 Å². The van der Waals surface area contributed by atoms with Crippen LogP contribution in [0.1, 0.15) is 46.0 Å². The van der Waals surface area contributed by atoms with Crippen molar-refractivity contribution in [3.63, 3.8) is 0 Å². The Balaban J connectivity index is 2.71. The van der Waals surface area contributed by atoms with Crippen LogP contribution in [0.4, 0.5) is 5.69 Å². The third kappa shape index (κ3) is 5.67. The van der Waals surface area contributed by atoms with Crippen molar-refractivity contribution < 1.29 is 5.11 Å². The van der Waals surface area contributed by atoms with Crippen LogP contribution < -0.4 is 10.9 Å². The molecule has 0 aliphatic rings. The van der Waals surface area contributed by atoms with Gasteiger partial charge in [0.2, 0.25) is 0 Å². The van der Waals surface area contributed by atoms with Crippen LogP contribution >= 0.6 is 11.6 Å². The lowest BCUT2D eigenvalue weighted by Crippen LogP contribution is -2.25. The highest BCUT2D eigenvalue weighted by molar-refractivity contribution is 6.32. The van der Waals surface area contributed by atoms with Crippen LogP contribution in [0.3, 0.4) is 0 Å². The average molecular weight is 316 g/mol. The number of aliphatic hydroxyl groups excluding tert-OH is 1. The molecule has 0 aliphatic carbocycles. The van der Waals surface area contributed by atoms with Gasteiger partial charge in [-0.15, -0.1) is 0 Å². The summed E-state index contributed by atoms with van der Waals surface area (Å²) in [6, 6.07) is 0. The average Bonchev–Trinajstić information content (AvgIpc) is 2.48. The first-order chi connectivity index (χ1) is 10.1. The van der Waals surface area contributed by atoms with Crippen LogP contribution in [0.15, 0.2) is 11.0 Å². The second-order valence-corrected chi connectivity index (χ2v) is 5.68. The van der Waals surface area contributed by atoms with Crippen molar-refractivity contribution in [2.45, 2.75) is 52.5 Å². The Kier molecular flexibility index (Phi) is 8.38. The van der Waals surface area contributed by atoms with Gasteiger partial charge in [-0.1, -0.05) is 38.3 Å². The Morgan fingerprint density at radius 1 is 1.38 bits per heavy atom. The zero-order valence-corrected chi connectivity index (χ0v) is 13.7. The highest BCUT2D eigenvalue weighted by Gasteiger charge is 2.11. The number of rotatable bonds is 10. The molecule has 21 heavy (non-hydrogen) atoms. The first-order valence-corrected chi connectivity index (χ1v) is 8.12. The lowest BCUT2D eigenvalue weighted by atomic mass is 10.0. The van der Waals surface area contributed by atoms with E-state index < -0.39 is 0 Å². The Hall–Kier alpha value is -1.07. The number of aliphatic hydroxyl groups is 1. The number of hydrogen-bond acceptors (Lipinski definition) is 4. The smallest absolute Gasteiger partial charge is 0.287 e. The molecular weight excluding hydrogens is 290 g/mol. The number of halogens is 1. The fourth-order valence-electron chi connectivity index (χ4n) is 2.25. The van der Waals surface area contributed by atoms with Gasteiger partial charge in [0.1, 0.15) is 5.02 Å². The molecule has 1 aromatic heterocycles. The van der Waals surface area contributed by atoms with Crippen molar-refractivity contribution in [2.24, 2.45) is 5.92 Å². The van der Waals surface area contributed by atoms with Crippen molar-refractivity contribution >= 4 is 17.3 Å². The van der Waals surface area contributed by atoms with Crippen molar-refractivity contribution in [2.75, 3.05) is 18.5 Å². The molecule has 0 bridgehead atoms. The highest BCUT2D eigenvalue weighted by Crippen LogP contribution is 2.18. The van der Waals surface area contributed by atoms with Gasteiger partial charge in [-0.3, -0.25) is 4.79 Å². The summed E-state index contributed by atoms with van der Waals surface area (Å²) < 4.78 is 1.41. The summed E-state index contributed by atoms with van der Waals surface area (Å²) in [6.45, 7) is 5.65. The van der Waals surface area contributed by atoms with Crippen LogP contribution in [0.2, 0.25) is 5.02 Å². The van der Waals surface area contributed by atoms with Crippen molar-refractivity contribution in [3.8, 4) is 0 Å². The van der Waals surface area contributed by atoms with Gasteiger partial charge in [0.25, 0.3) is 5.56 Å². The third-order valence-electron chi connectivity index (χ3n) is 3.52. The predicted molar refractivity (Wildman–Crippen MR) is 87.0 cm³/mol. The molecule has 0 saturated heterocycles. The number of nitrogens with one attached hydrogen (secondary N) is 1. The first-order valence-electron chi connectivity index (χ1n) is 7.74. The predicted octanol–water partition coefficient (Wildman–Crippen LogP) is 2.91. The summed E-state index contributed by atoms with van der Waals surface area (Å²) in [7, 11) is 0. The second-order valence-electron chi connectivity index (χ2n) is 5.30. The van der Waals surface area contributed by atoms with E-state index in [2.05, 4.69) is 24.3 Å². The van der Waals surface area contributed by atoms with Gasteiger partial charge < -0.3 is 10.4 Å². The molecule has 5 nitrogen and oxygen atoms in total. The summed E-state index contributed by atoms with van der Waals surface area (Å²) in [5.74, 6) is 0.374. The molecule has 1 unspecified atom stereocenters. The minimum absolute atomic E-state index is 0.178. The summed E-state index contributed by atoms with van der Waals surface area (Å²) in [5, 5.41) is 16.6. The largest absolute Gasteiger partial charge is 0.396 e. The van der Waals surface area contributed by atoms with E-state index in [1.54, 1.807) is 6.20 Å². The van der Waals surface area contributed by atoms with E-state index in [-0.39, 0.29) is 17.2 Å². The molecular formula is C15H26ClN3O2. The van der Waals surface area contributed by atoms with Crippen LogP contribution in [-0.2, 0) is 6.54 Å². The topological polar surface area (TPSA) is 67.2 Å². The molecule has 0 amide bonds. The van der Waals surface area contributed by atoms with E-state index in [0.717, 1.165) is 32.1 Å². The van der Waals surface area contributed by atoms with E-state index >= 15 is 0 Å². The van der Waals surface area contributed by atoms with E-state index in [9.17, 15) is 4.79 Å². The van der Waals surface area contributed by atoms with Crippen molar-refractivity contribution in [1.82, 2.24) is 9.78 Å². The van der Waals surface area contributed by atoms with Gasteiger partial charge >= 0.3 is 0 Å². The summed E-state index contributed by atoms with van der Waals surface area (Å²) in [6.07, 6.45) is 6.38. The zero-order chi connectivity index (χ0) is 15.7. The molecule has 1 aromatic rings. The Bertz CT molecular complexity index is 470. The fraction of sp³-hybridized carbons (Fsp3) is 0.733. The molecule has 120 valence electrons. The van der Waals surface area contributed by atoms with Crippen LogP contribution in [0.25, 0.3) is 0 Å². The van der Waals surface area contributed by atoms with Gasteiger partial charge in [0, 0.05) is 19.7 Å². The Labute approximate surface area is 131 Å². The van der Waals surface area contributed by atoms with Gasteiger partial charge in [-0.05, 0) is 25.2 Å². The lowest BCUT2D eigenvalue weighted by Gasteiger charge is -2.17. The zero-order valence-electron chi connectivity index (χ0n) is 12.9. The monoisotopic (exact) mass is 315 g/mol. The second kappa shape index (κ2) is 9.79. The quantitative estimate of drug-likeness (QED) is 0.696. The third-order valence-corrected chi connectivity index (χ3v) is 3.89. The van der Waals surface area contributed by atoms with Crippen LogP contribution in [0, 0.1) is 5.92 Å². The maximum absolute atomic E-state index is 12.1. The molecule has 1 rings (SSSR count). The van der Waals surface area contributed by atoms with Crippen LogP contribution in [0.5, 0.6) is 0 Å². The lowest BCUT2D eigenvalue weighted by molar-refractivity contribution is 0.255. The number of aryl methyl sites for hydroxylation is 1. The molecule has 1 atom stereocenters. The first kappa shape index (κ1) is 18.0. The van der Waals surface area contributed by atoms with E-state index in [1.807, 2.05) is 0 Å². The molecule has 0 radical (unpaired) electrons. The minimum Gasteiger partial charge on any atom is -0.396 e. The van der Waals surface area contributed by atoms with Crippen molar-refractivity contribution in [1.29, 1.82) is 0 Å². The normalized spacial score (nSPS) is 12.4. The minimum atomic E-state index is -0.246. The summed E-state index contributed by atoms with van der Waals surface area (Å²) in [5.41, 5.74) is 0.331. The van der Waals surface area contributed by atoms with Crippen LogP contribution in [-0.4, -0.2) is 28.0 Å². The molecule has 1 heterocycles. The number of anilines is 1. The maximum Gasteiger partial charge on any atom is 0.287 e. The summed E-state index contributed by atoms with van der Waals surface area (Å²) in [4.78, 5) is 12.1. The number of unbranched alkanes of at least 4 members (excludes halogenated alkanes) is 1. The fourth-order valence-corrected chi connectivity index (χ4v) is 2.46. The van der Waals surface area contributed by atoms with E-state index in [0.29, 0.717) is 24.7 Å². The van der Waals surface area contributed by atoms with Gasteiger partial charge in [-0.2, -0.15) is 5.10 Å². The summed E-state index contributed by atoms with van der Waals surface area (Å²) >= 11 is 6.13. The maximum atomic E-state index is 12.1. The highest BCUT2D eigenvalue weighted by atomic mass is 35.5. The molecule has 0 aliphatic heterocycles. The standard InChI is InChI=1S/C15H26ClN3O2/c1-3-5-8-19-15(21)14(16)13(11-18-19)17-10-12(6-4-2)7-9-20/h11-12,17,20H,3-10H2,1-2H3. The van der Waals surface area contributed by atoms with E-state index in [4.69, 9.17) is 16.7 Å². The van der Waals surface area contributed by atoms with Gasteiger partial charge in [0.15, 0.2) is 0 Å².